The van der Waals surface area contributed by atoms with Gasteiger partial charge in [0.25, 0.3) is 0 Å². The lowest BCUT2D eigenvalue weighted by molar-refractivity contribution is -0.117. The molecule has 1 aliphatic rings. The van der Waals surface area contributed by atoms with Gasteiger partial charge >= 0.3 is 6.03 Å². The maximum atomic E-state index is 11.7. The molecule has 1 aliphatic carbocycles. The maximum Gasteiger partial charge on any atom is 0.321 e. The summed E-state index contributed by atoms with van der Waals surface area (Å²) in [5.41, 5.74) is 1.11. The van der Waals surface area contributed by atoms with Crippen molar-refractivity contribution in [3.05, 3.63) is 34.9 Å². The molecule has 0 atom stereocenters. The Hall–Kier alpha value is -1.20. The van der Waals surface area contributed by atoms with Crippen LogP contribution in [0.15, 0.2) is 24.3 Å². The van der Waals surface area contributed by atoms with Crippen LogP contribution in [0.2, 0.25) is 5.02 Å². The van der Waals surface area contributed by atoms with E-state index in [4.69, 9.17) is 11.6 Å². The number of nitrogens with one attached hydrogen (secondary N) is 2. The maximum absolute atomic E-state index is 11.7. The number of carbonyl (C=O) groups excluding carboxylic acids is 2. The zero-order chi connectivity index (χ0) is 15.8. The summed E-state index contributed by atoms with van der Waals surface area (Å²) in [6.07, 6.45) is 5.55. The predicted molar refractivity (Wildman–Crippen MR) is 91.2 cm³/mol. The van der Waals surface area contributed by atoms with Gasteiger partial charge in [0.05, 0.1) is 5.75 Å². The van der Waals surface area contributed by atoms with E-state index < -0.39 is 0 Å². The second kappa shape index (κ2) is 9.06. The van der Waals surface area contributed by atoms with Gasteiger partial charge in [0.15, 0.2) is 0 Å². The van der Waals surface area contributed by atoms with Crippen molar-refractivity contribution in [3.63, 3.8) is 0 Å². The SMILES string of the molecule is O=C(CSCc1ccc(Cl)cc1)NC(=O)NC1CCCCC1. The average Bonchev–Trinajstić information content (AvgIpc) is 2.50. The molecule has 1 aromatic carbocycles. The van der Waals surface area contributed by atoms with Gasteiger partial charge in [0.1, 0.15) is 0 Å². The predicted octanol–water partition coefficient (Wildman–Crippen LogP) is 3.73. The van der Waals surface area contributed by atoms with Crippen LogP contribution in [0.4, 0.5) is 4.79 Å². The molecule has 1 saturated carbocycles. The summed E-state index contributed by atoms with van der Waals surface area (Å²) in [5.74, 6) is 0.725. The molecule has 0 aromatic heterocycles. The molecule has 4 nitrogen and oxygen atoms in total. The first-order valence-corrected chi connectivity index (χ1v) is 9.09. The monoisotopic (exact) mass is 340 g/mol. The van der Waals surface area contributed by atoms with E-state index in [1.165, 1.54) is 18.2 Å². The number of imide groups is 1. The molecule has 120 valence electrons. The number of halogens is 1. The van der Waals surface area contributed by atoms with Gasteiger partial charge in [-0.3, -0.25) is 10.1 Å². The van der Waals surface area contributed by atoms with Gasteiger partial charge in [-0.1, -0.05) is 43.0 Å². The first kappa shape index (κ1) is 17.2. The van der Waals surface area contributed by atoms with E-state index in [1.54, 1.807) is 0 Å². The zero-order valence-corrected chi connectivity index (χ0v) is 14.0. The lowest BCUT2D eigenvalue weighted by Gasteiger charge is -2.22. The van der Waals surface area contributed by atoms with Crippen molar-refractivity contribution in [1.29, 1.82) is 0 Å². The molecule has 2 rings (SSSR count). The van der Waals surface area contributed by atoms with E-state index in [9.17, 15) is 9.59 Å². The van der Waals surface area contributed by atoms with Gasteiger partial charge in [-0.2, -0.15) is 0 Å². The van der Waals surface area contributed by atoms with Crippen molar-refractivity contribution < 1.29 is 9.59 Å². The lowest BCUT2D eigenvalue weighted by Crippen LogP contribution is -2.45. The van der Waals surface area contributed by atoms with Crippen molar-refractivity contribution in [2.75, 3.05) is 5.75 Å². The minimum atomic E-state index is -0.371. The van der Waals surface area contributed by atoms with Crippen molar-refractivity contribution in [3.8, 4) is 0 Å². The molecule has 0 saturated heterocycles. The van der Waals surface area contributed by atoms with Crippen LogP contribution in [-0.2, 0) is 10.5 Å². The number of benzene rings is 1. The summed E-state index contributed by atoms with van der Waals surface area (Å²) in [5, 5.41) is 5.96. The summed E-state index contributed by atoms with van der Waals surface area (Å²) in [6, 6.07) is 7.36. The number of hydrogen-bond donors (Lipinski definition) is 2. The Morgan fingerprint density at radius 2 is 1.82 bits per heavy atom. The van der Waals surface area contributed by atoms with Gasteiger partial charge in [0.2, 0.25) is 5.91 Å². The van der Waals surface area contributed by atoms with Gasteiger partial charge in [-0.05, 0) is 30.5 Å². The highest BCUT2D eigenvalue weighted by atomic mass is 35.5. The van der Waals surface area contributed by atoms with Crippen molar-refractivity contribution in [1.82, 2.24) is 10.6 Å². The number of hydrogen-bond acceptors (Lipinski definition) is 3. The quantitative estimate of drug-likeness (QED) is 0.858. The lowest BCUT2D eigenvalue weighted by atomic mass is 9.96. The molecule has 0 radical (unpaired) electrons. The Labute approximate surface area is 140 Å². The van der Waals surface area contributed by atoms with E-state index in [0.29, 0.717) is 5.02 Å². The molecular formula is C16H21ClN2O2S. The zero-order valence-electron chi connectivity index (χ0n) is 12.4. The van der Waals surface area contributed by atoms with E-state index in [-0.39, 0.29) is 23.7 Å². The van der Waals surface area contributed by atoms with Crippen molar-refractivity contribution in [2.24, 2.45) is 0 Å². The highest BCUT2D eigenvalue weighted by Crippen LogP contribution is 2.17. The Bertz CT molecular complexity index is 501. The molecule has 1 aromatic rings. The van der Waals surface area contributed by atoms with Crippen LogP contribution in [0.25, 0.3) is 0 Å². The molecule has 0 aliphatic heterocycles. The fourth-order valence-electron chi connectivity index (χ4n) is 2.47. The third kappa shape index (κ3) is 6.28. The Morgan fingerprint density at radius 1 is 1.14 bits per heavy atom. The van der Waals surface area contributed by atoms with E-state index in [0.717, 1.165) is 37.0 Å². The summed E-state index contributed by atoms with van der Waals surface area (Å²) >= 11 is 7.29. The van der Waals surface area contributed by atoms with Crippen LogP contribution in [0.3, 0.4) is 0 Å². The van der Waals surface area contributed by atoms with E-state index in [1.807, 2.05) is 24.3 Å². The smallest absolute Gasteiger partial charge is 0.321 e. The minimum Gasteiger partial charge on any atom is -0.335 e. The molecular weight excluding hydrogens is 320 g/mol. The van der Waals surface area contributed by atoms with E-state index >= 15 is 0 Å². The van der Waals surface area contributed by atoms with Gasteiger partial charge in [-0.25, -0.2) is 4.79 Å². The fourth-order valence-corrected chi connectivity index (χ4v) is 3.39. The van der Waals surface area contributed by atoms with Crippen LogP contribution >= 0.6 is 23.4 Å². The first-order valence-electron chi connectivity index (χ1n) is 7.56. The Kier molecular flexibility index (Phi) is 7.06. The van der Waals surface area contributed by atoms with Crippen molar-refractivity contribution in [2.45, 2.75) is 43.9 Å². The second-order valence-corrected chi connectivity index (χ2v) is 6.90. The fraction of sp³-hybridized carbons (Fsp3) is 0.500. The van der Waals surface area contributed by atoms with E-state index in [2.05, 4.69) is 10.6 Å². The summed E-state index contributed by atoms with van der Waals surface area (Å²) in [4.78, 5) is 23.5. The number of thioether (sulfide) groups is 1. The van der Waals surface area contributed by atoms with Crippen LogP contribution in [0.5, 0.6) is 0 Å². The number of urea groups is 1. The van der Waals surface area contributed by atoms with Gasteiger partial charge in [-0.15, -0.1) is 11.8 Å². The third-order valence-corrected chi connectivity index (χ3v) is 4.86. The van der Waals surface area contributed by atoms with Crippen LogP contribution in [0.1, 0.15) is 37.7 Å². The van der Waals surface area contributed by atoms with Crippen molar-refractivity contribution >= 4 is 35.3 Å². The molecule has 0 bridgehead atoms. The summed E-state index contributed by atoms with van der Waals surface area (Å²) < 4.78 is 0. The van der Waals surface area contributed by atoms with Gasteiger partial charge in [0, 0.05) is 16.8 Å². The molecule has 3 amide bonds. The second-order valence-electron chi connectivity index (χ2n) is 5.48. The summed E-state index contributed by atoms with van der Waals surface area (Å²) in [7, 11) is 0. The van der Waals surface area contributed by atoms with Crippen LogP contribution < -0.4 is 10.6 Å². The van der Waals surface area contributed by atoms with Gasteiger partial charge < -0.3 is 5.32 Å². The summed E-state index contributed by atoms with van der Waals surface area (Å²) in [6.45, 7) is 0. The Morgan fingerprint density at radius 3 is 2.50 bits per heavy atom. The van der Waals surface area contributed by atoms with Crippen LogP contribution in [0, 0.1) is 0 Å². The molecule has 6 heteroatoms. The number of carbonyl (C=O) groups is 2. The normalized spacial score (nSPS) is 15.3. The average molecular weight is 341 g/mol. The molecule has 1 fully saturated rings. The molecule has 0 unspecified atom stereocenters. The Balaban J connectivity index is 1.62. The van der Waals surface area contributed by atoms with Crippen LogP contribution in [-0.4, -0.2) is 23.7 Å². The molecule has 0 spiro atoms. The highest BCUT2D eigenvalue weighted by Gasteiger charge is 2.16. The highest BCUT2D eigenvalue weighted by molar-refractivity contribution is 7.99. The minimum absolute atomic E-state index is 0.211. The standard InChI is InChI=1S/C16H21ClN2O2S/c17-13-8-6-12(7-9-13)10-22-11-15(20)19-16(21)18-14-4-2-1-3-5-14/h6-9,14H,1-5,10-11H2,(H2,18,19,20,21). The number of amides is 3. The molecule has 2 N–H and O–H groups in total. The largest absolute Gasteiger partial charge is 0.335 e. The molecule has 0 heterocycles. The first-order chi connectivity index (χ1) is 10.6. The topological polar surface area (TPSA) is 58.2 Å². The third-order valence-electron chi connectivity index (χ3n) is 3.61. The number of rotatable bonds is 5. The molecule has 22 heavy (non-hydrogen) atoms.